The molecule has 5 heteroatoms. The van der Waals surface area contributed by atoms with Crippen LogP contribution in [0.15, 0.2) is 41.2 Å². The van der Waals surface area contributed by atoms with Gasteiger partial charge in [0.15, 0.2) is 0 Å². The zero-order valence-electron chi connectivity index (χ0n) is 18.2. The van der Waals surface area contributed by atoms with Gasteiger partial charge in [-0.2, -0.15) is 0 Å². The molecule has 1 aliphatic carbocycles. The number of benzene rings is 2. The van der Waals surface area contributed by atoms with Crippen LogP contribution >= 0.6 is 11.3 Å². The number of nitrogens with zero attached hydrogens (tertiary/aromatic N) is 1. The second-order valence-electron chi connectivity index (χ2n) is 8.87. The van der Waals surface area contributed by atoms with Crippen LogP contribution in [-0.4, -0.2) is 16.6 Å². The molecule has 31 heavy (non-hydrogen) atoms. The number of nitrogens with one attached hydrogen (secondary N) is 1. The number of rotatable bonds is 4. The molecule has 0 saturated carbocycles. The first-order valence-corrected chi connectivity index (χ1v) is 12.1. The smallest absolute Gasteiger partial charge is 0.260 e. The van der Waals surface area contributed by atoms with E-state index in [1.165, 1.54) is 29.7 Å². The van der Waals surface area contributed by atoms with E-state index in [1.54, 1.807) is 11.3 Å². The molecule has 4 aromatic rings. The highest BCUT2D eigenvalue weighted by molar-refractivity contribution is 7.18. The van der Waals surface area contributed by atoms with Gasteiger partial charge in [-0.15, -0.1) is 11.3 Å². The molecule has 2 aromatic carbocycles. The number of ether oxygens (including phenoxy) is 1. The summed E-state index contributed by atoms with van der Waals surface area (Å²) in [6, 6.07) is 12.2. The fourth-order valence-corrected chi connectivity index (χ4v) is 5.77. The molecule has 2 heterocycles. The second kappa shape index (κ2) is 8.46. The van der Waals surface area contributed by atoms with Gasteiger partial charge >= 0.3 is 0 Å². The molecule has 0 spiro atoms. The number of hydrogen-bond donors (Lipinski definition) is 1. The summed E-state index contributed by atoms with van der Waals surface area (Å²) in [7, 11) is 0. The summed E-state index contributed by atoms with van der Waals surface area (Å²) in [5.41, 5.74) is 2.16. The predicted molar refractivity (Wildman–Crippen MR) is 129 cm³/mol. The molecule has 0 radical (unpaired) electrons. The highest BCUT2D eigenvalue weighted by Crippen LogP contribution is 2.36. The number of H-pyrrole nitrogens is 1. The number of hydrogen-bond acceptors (Lipinski definition) is 4. The molecule has 2 aromatic heterocycles. The van der Waals surface area contributed by atoms with E-state index >= 15 is 0 Å². The molecule has 4 nitrogen and oxygen atoms in total. The maximum Gasteiger partial charge on any atom is 0.260 e. The first kappa shape index (κ1) is 20.3. The minimum absolute atomic E-state index is 0.0118. The molecule has 1 aliphatic rings. The Kier molecular flexibility index (Phi) is 5.53. The Morgan fingerprint density at radius 1 is 1.03 bits per heavy atom. The van der Waals surface area contributed by atoms with Crippen molar-refractivity contribution < 1.29 is 4.74 Å². The average Bonchev–Trinajstić information content (AvgIpc) is 3.08. The number of thiophene rings is 1. The van der Waals surface area contributed by atoms with Crippen molar-refractivity contribution >= 4 is 32.3 Å². The summed E-state index contributed by atoms with van der Waals surface area (Å²) >= 11 is 1.71. The van der Waals surface area contributed by atoms with Crippen molar-refractivity contribution in [3.05, 3.63) is 57.2 Å². The fraction of sp³-hybridized carbons (Fsp3) is 0.385. The van der Waals surface area contributed by atoms with E-state index in [9.17, 15) is 4.79 Å². The monoisotopic (exact) mass is 432 g/mol. The van der Waals surface area contributed by atoms with E-state index in [1.807, 2.05) is 24.3 Å². The third-order valence-electron chi connectivity index (χ3n) is 6.04. The Labute approximate surface area is 186 Å². The van der Waals surface area contributed by atoms with Crippen LogP contribution in [0, 0.1) is 5.92 Å². The van der Waals surface area contributed by atoms with Gasteiger partial charge in [0, 0.05) is 15.8 Å². The van der Waals surface area contributed by atoms with Crippen LogP contribution in [0.4, 0.5) is 0 Å². The SMILES string of the molecule is CC(C)COc1ccc(-c2nc3sc4c(c3c(=O)[nH]2)CCCCCC4)c2ccccc12. The van der Waals surface area contributed by atoms with Gasteiger partial charge in [-0.1, -0.05) is 51.0 Å². The fourth-order valence-electron chi connectivity index (χ4n) is 4.51. The van der Waals surface area contributed by atoms with E-state index in [4.69, 9.17) is 9.72 Å². The van der Waals surface area contributed by atoms with Crippen LogP contribution in [0.2, 0.25) is 0 Å². The van der Waals surface area contributed by atoms with Crippen LogP contribution in [0.25, 0.3) is 32.4 Å². The van der Waals surface area contributed by atoms with Gasteiger partial charge in [0.2, 0.25) is 0 Å². The van der Waals surface area contributed by atoms with Crippen molar-refractivity contribution in [2.24, 2.45) is 5.92 Å². The minimum atomic E-state index is -0.0118. The molecule has 0 saturated heterocycles. The maximum atomic E-state index is 13.2. The Morgan fingerprint density at radius 3 is 2.61 bits per heavy atom. The lowest BCUT2D eigenvalue weighted by molar-refractivity contribution is 0.274. The molecular weight excluding hydrogens is 404 g/mol. The molecule has 5 rings (SSSR count). The maximum absolute atomic E-state index is 13.2. The van der Waals surface area contributed by atoms with Crippen molar-refractivity contribution in [3.8, 4) is 17.1 Å². The largest absolute Gasteiger partial charge is 0.493 e. The minimum Gasteiger partial charge on any atom is -0.493 e. The van der Waals surface area contributed by atoms with Gasteiger partial charge in [0.25, 0.3) is 5.56 Å². The van der Waals surface area contributed by atoms with Gasteiger partial charge < -0.3 is 9.72 Å². The Bertz CT molecular complexity index is 1300. The van der Waals surface area contributed by atoms with Gasteiger partial charge in [-0.25, -0.2) is 4.98 Å². The van der Waals surface area contributed by atoms with Gasteiger partial charge in [-0.3, -0.25) is 4.79 Å². The average molecular weight is 433 g/mol. The number of aryl methyl sites for hydroxylation is 2. The zero-order valence-corrected chi connectivity index (χ0v) is 19.0. The van der Waals surface area contributed by atoms with Gasteiger partial charge in [0.1, 0.15) is 16.4 Å². The summed E-state index contributed by atoms with van der Waals surface area (Å²) in [6.45, 7) is 4.96. The lowest BCUT2D eigenvalue weighted by Gasteiger charge is -2.13. The van der Waals surface area contributed by atoms with Crippen LogP contribution in [0.5, 0.6) is 5.75 Å². The molecule has 0 bridgehead atoms. The molecule has 0 atom stereocenters. The van der Waals surface area contributed by atoms with Gasteiger partial charge in [-0.05, 0) is 54.7 Å². The predicted octanol–water partition coefficient (Wildman–Crippen LogP) is 6.50. The molecular formula is C26H28N2O2S. The summed E-state index contributed by atoms with van der Waals surface area (Å²) in [5.74, 6) is 1.96. The Morgan fingerprint density at radius 2 is 1.81 bits per heavy atom. The highest BCUT2D eigenvalue weighted by atomic mass is 32.1. The molecule has 0 amide bonds. The van der Waals surface area contributed by atoms with Crippen LogP contribution in [-0.2, 0) is 12.8 Å². The standard InChI is InChI=1S/C26H28N2O2S/c1-16(2)15-30-21-14-13-19(17-9-7-8-10-18(17)21)24-27-25(29)23-20-11-5-3-4-6-12-22(20)31-26(23)28-24/h7-10,13-14,16H,3-6,11-12,15H2,1-2H3,(H,27,28,29). The normalized spacial score (nSPS) is 14.5. The third kappa shape index (κ3) is 3.87. The van der Waals surface area contributed by atoms with Crippen LogP contribution in [0.1, 0.15) is 50.0 Å². The van der Waals surface area contributed by atoms with E-state index < -0.39 is 0 Å². The zero-order chi connectivity index (χ0) is 21.4. The van der Waals surface area contributed by atoms with E-state index in [0.717, 1.165) is 51.6 Å². The van der Waals surface area contributed by atoms with Gasteiger partial charge in [0.05, 0.1) is 12.0 Å². The number of aromatic nitrogens is 2. The molecule has 0 unspecified atom stereocenters. The molecule has 0 aliphatic heterocycles. The van der Waals surface area contributed by atoms with Crippen molar-refractivity contribution in [1.82, 2.24) is 9.97 Å². The van der Waals surface area contributed by atoms with E-state index in [2.05, 4.69) is 31.0 Å². The van der Waals surface area contributed by atoms with Crippen molar-refractivity contribution in [1.29, 1.82) is 0 Å². The quantitative estimate of drug-likeness (QED) is 0.400. The van der Waals surface area contributed by atoms with Crippen molar-refractivity contribution in [2.75, 3.05) is 6.61 Å². The molecule has 160 valence electrons. The summed E-state index contributed by atoms with van der Waals surface area (Å²) in [4.78, 5) is 23.4. The third-order valence-corrected chi connectivity index (χ3v) is 7.22. The first-order chi connectivity index (χ1) is 15.1. The lowest BCUT2D eigenvalue weighted by Crippen LogP contribution is -2.11. The Hall–Kier alpha value is -2.66. The van der Waals surface area contributed by atoms with Crippen molar-refractivity contribution in [2.45, 2.75) is 52.4 Å². The number of aromatic amines is 1. The summed E-state index contributed by atoms with van der Waals surface area (Å²) < 4.78 is 6.05. The Balaban J connectivity index is 1.64. The number of fused-ring (bicyclic) bond motifs is 4. The van der Waals surface area contributed by atoms with E-state index in [-0.39, 0.29) is 5.56 Å². The highest BCUT2D eigenvalue weighted by Gasteiger charge is 2.19. The second-order valence-corrected chi connectivity index (χ2v) is 9.96. The van der Waals surface area contributed by atoms with Crippen LogP contribution < -0.4 is 10.3 Å². The van der Waals surface area contributed by atoms with Crippen molar-refractivity contribution in [3.63, 3.8) is 0 Å². The molecule has 1 N–H and O–H groups in total. The summed E-state index contributed by atoms with van der Waals surface area (Å²) in [6.07, 6.45) is 6.94. The lowest BCUT2D eigenvalue weighted by atomic mass is 9.98. The van der Waals surface area contributed by atoms with E-state index in [0.29, 0.717) is 18.3 Å². The topological polar surface area (TPSA) is 55.0 Å². The van der Waals surface area contributed by atoms with Crippen LogP contribution in [0.3, 0.4) is 0 Å². The first-order valence-electron chi connectivity index (χ1n) is 11.3. The summed E-state index contributed by atoms with van der Waals surface area (Å²) in [5, 5.41) is 2.90. The molecule has 0 fully saturated rings.